The molecule has 2 heteroatoms. The van der Waals surface area contributed by atoms with Gasteiger partial charge in [-0.15, -0.1) is 0 Å². The van der Waals surface area contributed by atoms with Crippen molar-refractivity contribution in [2.45, 2.75) is 38.5 Å². The standard InChI is InChI=1S/C9H15NO/c11-10-9-6-5-7-3-1-2-4-8(7)9/h7-8,11H,1-6H2/b10-9+/t7-,8-/m0/s1. The molecule has 1 N–H and O–H groups in total. The maximum atomic E-state index is 8.69. The second kappa shape index (κ2) is 2.84. The molecule has 2 rings (SSSR count). The molecule has 0 spiro atoms. The summed E-state index contributed by atoms with van der Waals surface area (Å²) in [5, 5.41) is 12.1. The van der Waals surface area contributed by atoms with Crippen molar-refractivity contribution in [3.05, 3.63) is 0 Å². The highest BCUT2D eigenvalue weighted by atomic mass is 16.4. The average molecular weight is 153 g/mol. The van der Waals surface area contributed by atoms with Crippen molar-refractivity contribution in [1.29, 1.82) is 0 Å². The molecule has 0 aliphatic heterocycles. The lowest BCUT2D eigenvalue weighted by molar-refractivity contribution is 0.294. The van der Waals surface area contributed by atoms with Crippen molar-refractivity contribution in [3.8, 4) is 0 Å². The van der Waals surface area contributed by atoms with Crippen molar-refractivity contribution >= 4 is 5.71 Å². The van der Waals surface area contributed by atoms with E-state index in [1.54, 1.807) is 0 Å². The molecule has 11 heavy (non-hydrogen) atoms. The first-order chi connectivity index (χ1) is 5.42. The van der Waals surface area contributed by atoms with Gasteiger partial charge in [0.25, 0.3) is 0 Å². The third kappa shape index (κ3) is 1.15. The zero-order valence-corrected chi connectivity index (χ0v) is 6.79. The number of nitrogens with zero attached hydrogens (tertiary/aromatic N) is 1. The van der Waals surface area contributed by atoms with Crippen LogP contribution in [0.25, 0.3) is 0 Å². The smallest absolute Gasteiger partial charge is 0.0604 e. The van der Waals surface area contributed by atoms with Crippen molar-refractivity contribution < 1.29 is 5.21 Å². The number of hydrogen-bond acceptors (Lipinski definition) is 2. The van der Waals surface area contributed by atoms with Gasteiger partial charge < -0.3 is 5.21 Å². The Kier molecular flexibility index (Phi) is 1.84. The zero-order chi connectivity index (χ0) is 7.68. The van der Waals surface area contributed by atoms with Crippen LogP contribution in [0.1, 0.15) is 38.5 Å². The zero-order valence-electron chi connectivity index (χ0n) is 6.79. The van der Waals surface area contributed by atoms with Gasteiger partial charge in [0.1, 0.15) is 0 Å². The molecule has 0 bridgehead atoms. The Balaban J connectivity index is 2.10. The van der Waals surface area contributed by atoms with Crippen molar-refractivity contribution in [1.82, 2.24) is 0 Å². The van der Waals surface area contributed by atoms with Gasteiger partial charge in [-0.2, -0.15) is 0 Å². The molecule has 0 saturated heterocycles. The van der Waals surface area contributed by atoms with Gasteiger partial charge in [0.15, 0.2) is 0 Å². The van der Waals surface area contributed by atoms with Crippen LogP contribution in [0.3, 0.4) is 0 Å². The molecule has 2 atom stereocenters. The summed E-state index contributed by atoms with van der Waals surface area (Å²) in [7, 11) is 0. The molecule has 0 radical (unpaired) electrons. The van der Waals surface area contributed by atoms with Gasteiger partial charge in [0.05, 0.1) is 5.71 Å². The van der Waals surface area contributed by atoms with Crippen LogP contribution in [-0.2, 0) is 0 Å². The predicted molar refractivity (Wildman–Crippen MR) is 43.9 cm³/mol. The fraction of sp³-hybridized carbons (Fsp3) is 0.889. The summed E-state index contributed by atoms with van der Waals surface area (Å²) in [6, 6.07) is 0. The third-order valence-corrected chi connectivity index (χ3v) is 3.24. The van der Waals surface area contributed by atoms with E-state index in [9.17, 15) is 0 Å². The Morgan fingerprint density at radius 2 is 2.00 bits per heavy atom. The molecule has 0 aromatic heterocycles. The van der Waals surface area contributed by atoms with Gasteiger partial charge in [-0.3, -0.25) is 0 Å². The van der Waals surface area contributed by atoms with Gasteiger partial charge >= 0.3 is 0 Å². The Bertz CT molecular complexity index is 176. The Morgan fingerprint density at radius 3 is 2.82 bits per heavy atom. The van der Waals surface area contributed by atoms with Gasteiger partial charge in [-0.05, 0) is 31.6 Å². The van der Waals surface area contributed by atoms with E-state index in [0.717, 1.165) is 18.1 Å². The van der Waals surface area contributed by atoms with Crippen molar-refractivity contribution in [3.63, 3.8) is 0 Å². The molecule has 2 fully saturated rings. The van der Waals surface area contributed by atoms with Crippen LogP contribution in [-0.4, -0.2) is 10.9 Å². The van der Waals surface area contributed by atoms with Gasteiger partial charge in [0, 0.05) is 5.92 Å². The summed E-state index contributed by atoms with van der Waals surface area (Å²) in [6.07, 6.45) is 7.67. The molecule has 0 unspecified atom stereocenters. The fourth-order valence-electron chi connectivity index (χ4n) is 2.63. The summed E-state index contributed by atoms with van der Waals surface area (Å²) in [5.41, 5.74) is 1.08. The second-order valence-corrected chi connectivity index (χ2v) is 3.78. The molecule has 0 aromatic carbocycles. The minimum Gasteiger partial charge on any atom is -0.411 e. The van der Waals surface area contributed by atoms with Crippen molar-refractivity contribution in [2.75, 3.05) is 0 Å². The molecule has 0 aromatic rings. The average Bonchev–Trinajstić information content (AvgIpc) is 2.47. The highest BCUT2D eigenvalue weighted by molar-refractivity contribution is 5.88. The van der Waals surface area contributed by atoms with E-state index in [0.29, 0.717) is 5.92 Å². The monoisotopic (exact) mass is 153 g/mol. The second-order valence-electron chi connectivity index (χ2n) is 3.78. The Morgan fingerprint density at radius 1 is 1.18 bits per heavy atom. The lowest BCUT2D eigenvalue weighted by atomic mass is 9.81. The van der Waals surface area contributed by atoms with E-state index in [1.807, 2.05) is 0 Å². The normalized spacial score (nSPS) is 40.9. The van der Waals surface area contributed by atoms with Crippen LogP contribution in [0.5, 0.6) is 0 Å². The number of hydrogen-bond donors (Lipinski definition) is 1. The summed E-state index contributed by atoms with van der Waals surface area (Å²) in [4.78, 5) is 0. The highest BCUT2D eigenvalue weighted by Gasteiger charge is 2.34. The summed E-state index contributed by atoms with van der Waals surface area (Å²) >= 11 is 0. The fourth-order valence-corrected chi connectivity index (χ4v) is 2.63. The van der Waals surface area contributed by atoms with Crippen LogP contribution in [0, 0.1) is 11.8 Å². The topological polar surface area (TPSA) is 32.6 Å². The molecule has 0 amide bonds. The van der Waals surface area contributed by atoms with E-state index in [-0.39, 0.29) is 0 Å². The first kappa shape index (κ1) is 7.14. The first-order valence-electron chi connectivity index (χ1n) is 4.62. The third-order valence-electron chi connectivity index (χ3n) is 3.24. The van der Waals surface area contributed by atoms with Crippen LogP contribution in [0.2, 0.25) is 0 Å². The minimum atomic E-state index is 0.647. The van der Waals surface area contributed by atoms with E-state index in [1.165, 1.54) is 32.1 Å². The van der Waals surface area contributed by atoms with E-state index >= 15 is 0 Å². The van der Waals surface area contributed by atoms with E-state index < -0.39 is 0 Å². The molecule has 2 nitrogen and oxygen atoms in total. The molecule has 2 saturated carbocycles. The van der Waals surface area contributed by atoms with Gasteiger partial charge in [-0.1, -0.05) is 18.0 Å². The van der Waals surface area contributed by atoms with Gasteiger partial charge in [0.2, 0.25) is 0 Å². The summed E-state index contributed by atoms with van der Waals surface area (Å²) in [5.74, 6) is 1.50. The molecule has 2 aliphatic rings. The lowest BCUT2D eigenvalue weighted by Crippen LogP contribution is -2.18. The number of oxime groups is 1. The van der Waals surface area contributed by atoms with Crippen molar-refractivity contribution in [2.24, 2.45) is 17.0 Å². The molecule has 2 aliphatic carbocycles. The molecular formula is C9H15NO. The van der Waals surface area contributed by atoms with E-state index in [2.05, 4.69) is 5.16 Å². The quantitative estimate of drug-likeness (QED) is 0.420. The Labute approximate surface area is 67.3 Å². The maximum absolute atomic E-state index is 8.69. The SMILES string of the molecule is O/N=C1\CC[C@@H]2CCCC[C@H]12. The number of rotatable bonds is 0. The first-order valence-corrected chi connectivity index (χ1v) is 4.62. The molecule has 0 heterocycles. The predicted octanol–water partition coefficient (Wildman–Crippen LogP) is 2.42. The van der Waals surface area contributed by atoms with Crippen LogP contribution in [0.15, 0.2) is 5.16 Å². The van der Waals surface area contributed by atoms with E-state index in [4.69, 9.17) is 5.21 Å². The summed E-state index contributed by atoms with van der Waals surface area (Å²) in [6.45, 7) is 0. The van der Waals surface area contributed by atoms with Crippen LogP contribution >= 0.6 is 0 Å². The highest BCUT2D eigenvalue weighted by Crippen LogP contribution is 2.40. The van der Waals surface area contributed by atoms with Crippen LogP contribution in [0.4, 0.5) is 0 Å². The maximum Gasteiger partial charge on any atom is 0.0604 e. The minimum absolute atomic E-state index is 0.647. The number of fused-ring (bicyclic) bond motifs is 1. The Hall–Kier alpha value is -0.530. The largest absolute Gasteiger partial charge is 0.411 e. The van der Waals surface area contributed by atoms with Crippen LogP contribution < -0.4 is 0 Å². The van der Waals surface area contributed by atoms with Gasteiger partial charge in [-0.25, -0.2) is 0 Å². The molecule has 62 valence electrons. The summed E-state index contributed by atoms with van der Waals surface area (Å²) < 4.78 is 0. The lowest BCUT2D eigenvalue weighted by Gasteiger charge is -2.24. The molecular weight excluding hydrogens is 138 g/mol.